The molecule has 1 spiro atoms. The van der Waals surface area contributed by atoms with Crippen molar-refractivity contribution in [2.45, 2.75) is 51.0 Å². The van der Waals surface area contributed by atoms with E-state index in [0.29, 0.717) is 13.0 Å². The van der Waals surface area contributed by atoms with Crippen LogP contribution in [0.2, 0.25) is 0 Å². The molecule has 30 heavy (non-hydrogen) atoms. The molecule has 160 valence electrons. The topological polar surface area (TPSA) is 70.0 Å². The van der Waals surface area contributed by atoms with Crippen molar-refractivity contribution in [1.29, 1.82) is 0 Å². The summed E-state index contributed by atoms with van der Waals surface area (Å²) < 4.78 is 7.64. The van der Waals surface area contributed by atoms with Crippen LogP contribution in [-0.2, 0) is 21.7 Å². The van der Waals surface area contributed by atoms with E-state index < -0.39 is 17.3 Å². The second kappa shape index (κ2) is 7.89. The van der Waals surface area contributed by atoms with Gasteiger partial charge in [0.05, 0.1) is 23.9 Å². The number of ether oxygens (including phenoxy) is 1. The quantitative estimate of drug-likeness (QED) is 0.587. The fourth-order valence-electron chi connectivity index (χ4n) is 5.40. The minimum atomic E-state index is -1.15. The van der Waals surface area contributed by atoms with Gasteiger partial charge in [-0.2, -0.15) is 0 Å². The van der Waals surface area contributed by atoms with Gasteiger partial charge in [-0.05, 0) is 66.6 Å². The van der Waals surface area contributed by atoms with Gasteiger partial charge in [-0.25, -0.2) is 0 Å². The van der Waals surface area contributed by atoms with Crippen LogP contribution in [0.25, 0.3) is 0 Å². The first kappa shape index (κ1) is 21.7. The second-order valence-electron chi connectivity index (χ2n) is 8.91. The van der Waals surface area contributed by atoms with Crippen LogP contribution in [0.5, 0.6) is 0 Å². The number of hydrogen-bond acceptors (Lipinski definition) is 4. The summed E-state index contributed by atoms with van der Waals surface area (Å²) in [5, 5.41) is 20.5. The zero-order valence-corrected chi connectivity index (χ0v) is 19.7. The Hall–Kier alpha value is -1.48. The lowest BCUT2D eigenvalue weighted by Gasteiger charge is -2.34. The first-order valence-electron chi connectivity index (χ1n) is 10.4. The molecule has 2 heterocycles. The Balaban J connectivity index is 1.80. The summed E-state index contributed by atoms with van der Waals surface area (Å²) in [5.41, 5.74) is 0.568. The Morgan fingerprint density at radius 1 is 1.20 bits per heavy atom. The Bertz CT molecular complexity index is 956. The maximum Gasteiger partial charge on any atom is 0.264 e. The van der Waals surface area contributed by atoms with Gasteiger partial charge in [0, 0.05) is 27.6 Å². The zero-order valence-electron chi connectivity index (χ0n) is 17.5. The van der Waals surface area contributed by atoms with Crippen LogP contribution in [0.15, 0.2) is 48.5 Å². The number of amides is 1. The molecule has 4 atom stereocenters. The number of aliphatic hydroxyl groups excluding tert-OH is 1. The molecule has 0 bridgehead atoms. The highest BCUT2D eigenvalue weighted by Crippen LogP contribution is 2.57. The van der Waals surface area contributed by atoms with Crippen LogP contribution in [0.1, 0.15) is 38.3 Å². The van der Waals surface area contributed by atoms with Gasteiger partial charge in [-0.3, -0.25) is 4.79 Å². The number of rotatable bonds is 5. The van der Waals surface area contributed by atoms with Crippen LogP contribution in [0.3, 0.4) is 0 Å². The summed E-state index contributed by atoms with van der Waals surface area (Å²) >= 11 is 2.28. The van der Waals surface area contributed by atoms with Gasteiger partial charge < -0.3 is 19.8 Å². The number of halogens is 1. The summed E-state index contributed by atoms with van der Waals surface area (Å²) in [4.78, 5) is 15.8. The molecule has 2 N–H and O–H groups in total. The maximum atomic E-state index is 14.0. The summed E-state index contributed by atoms with van der Waals surface area (Å²) in [6.45, 7) is 5.92. The lowest BCUT2D eigenvalue weighted by Crippen LogP contribution is -2.46. The lowest BCUT2D eigenvalue weighted by atomic mass is 9.71. The SMILES string of the molecule is C[C@@H]1[C@@H](C(C)(C)O)[C@H](CCO)O[C@@]12C(=O)N(Cc1cccc(I)c1)c1ccccc12. The minimum absolute atomic E-state index is 0.0535. The van der Waals surface area contributed by atoms with Crippen LogP contribution < -0.4 is 4.90 Å². The van der Waals surface area contributed by atoms with Gasteiger partial charge in [0.2, 0.25) is 0 Å². The van der Waals surface area contributed by atoms with Gasteiger partial charge in [0.25, 0.3) is 5.91 Å². The number of fused-ring (bicyclic) bond motifs is 2. The summed E-state index contributed by atoms with van der Waals surface area (Å²) in [6, 6.07) is 15.9. The number of benzene rings is 2. The fraction of sp³-hybridized carbons (Fsp3) is 0.458. The van der Waals surface area contributed by atoms with E-state index >= 15 is 0 Å². The van der Waals surface area contributed by atoms with Gasteiger partial charge in [0.15, 0.2) is 5.60 Å². The van der Waals surface area contributed by atoms with E-state index in [2.05, 4.69) is 28.7 Å². The molecule has 2 aliphatic heterocycles. The second-order valence-corrected chi connectivity index (χ2v) is 10.2. The predicted octanol–water partition coefficient (Wildman–Crippen LogP) is 3.84. The molecule has 0 unspecified atom stereocenters. The molecule has 1 amide bonds. The van der Waals surface area contributed by atoms with E-state index in [-0.39, 0.29) is 24.3 Å². The van der Waals surface area contributed by atoms with Crippen LogP contribution >= 0.6 is 22.6 Å². The van der Waals surface area contributed by atoms with Crippen LogP contribution in [0, 0.1) is 15.4 Å². The summed E-state index contributed by atoms with van der Waals surface area (Å²) in [5.74, 6) is -0.618. The van der Waals surface area contributed by atoms with Crippen LogP contribution in [0.4, 0.5) is 5.69 Å². The molecule has 2 aliphatic rings. The van der Waals surface area contributed by atoms with Gasteiger partial charge in [-0.15, -0.1) is 0 Å². The van der Waals surface area contributed by atoms with Crippen molar-refractivity contribution in [3.63, 3.8) is 0 Å². The number of aliphatic hydroxyl groups is 2. The molecule has 0 radical (unpaired) electrons. The first-order valence-corrected chi connectivity index (χ1v) is 11.4. The third kappa shape index (κ3) is 3.38. The third-order valence-electron chi connectivity index (χ3n) is 6.53. The lowest BCUT2D eigenvalue weighted by molar-refractivity contribution is -0.146. The van der Waals surface area contributed by atoms with E-state index in [1.807, 2.05) is 49.4 Å². The number of anilines is 1. The molecule has 2 aromatic carbocycles. The number of carbonyl (C=O) groups is 1. The van der Waals surface area contributed by atoms with Crippen molar-refractivity contribution >= 4 is 34.2 Å². The monoisotopic (exact) mass is 521 g/mol. The highest BCUT2D eigenvalue weighted by atomic mass is 127. The van der Waals surface area contributed by atoms with Crippen molar-refractivity contribution in [2.75, 3.05) is 11.5 Å². The molecule has 1 fully saturated rings. The fourth-order valence-corrected chi connectivity index (χ4v) is 6.01. The summed E-state index contributed by atoms with van der Waals surface area (Å²) in [6.07, 6.45) is -0.0211. The standard InChI is InChI=1S/C24H28INO4/c1-15-21(23(2,3)29)20(11-12-27)30-24(15)18-9-4-5-10-19(18)26(22(24)28)14-16-7-6-8-17(25)13-16/h4-10,13,15,20-21,27,29H,11-12,14H2,1-3H3/t15-,20+,21-,24+/m1/s1. The van der Waals surface area contributed by atoms with Gasteiger partial charge >= 0.3 is 0 Å². The van der Waals surface area contributed by atoms with Gasteiger partial charge in [-0.1, -0.05) is 37.3 Å². The molecule has 5 nitrogen and oxygen atoms in total. The third-order valence-corrected chi connectivity index (χ3v) is 7.21. The Morgan fingerprint density at radius 3 is 2.60 bits per heavy atom. The largest absolute Gasteiger partial charge is 0.396 e. The van der Waals surface area contributed by atoms with E-state index in [1.165, 1.54) is 0 Å². The number of para-hydroxylation sites is 1. The number of nitrogens with zero attached hydrogens (tertiary/aromatic N) is 1. The van der Waals surface area contributed by atoms with Crippen molar-refractivity contribution in [1.82, 2.24) is 0 Å². The highest BCUT2D eigenvalue weighted by molar-refractivity contribution is 14.1. The predicted molar refractivity (Wildman–Crippen MR) is 124 cm³/mol. The molecular weight excluding hydrogens is 493 g/mol. The first-order chi connectivity index (χ1) is 14.2. The zero-order chi connectivity index (χ0) is 21.7. The molecule has 1 saturated heterocycles. The normalized spacial score (nSPS) is 28.4. The van der Waals surface area contributed by atoms with Crippen molar-refractivity contribution < 1.29 is 19.7 Å². The Kier molecular flexibility index (Phi) is 5.72. The van der Waals surface area contributed by atoms with Crippen molar-refractivity contribution in [3.05, 3.63) is 63.2 Å². The molecule has 0 aromatic heterocycles. The molecule has 6 heteroatoms. The molecule has 0 aliphatic carbocycles. The molecule has 2 aromatic rings. The smallest absolute Gasteiger partial charge is 0.264 e. The molecular formula is C24H28INO4. The number of hydrogen-bond donors (Lipinski definition) is 2. The summed E-state index contributed by atoms with van der Waals surface area (Å²) in [7, 11) is 0. The highest BCUT2D eigenvalue weighted by Gasteiger charge is 2.65. The number of carbonyl (C=O) groups excluding carboxylic acids is 1. The average Bonchev–Trinajstić information content (AvgIpc) is 3.10. The Labute approximate surface area is 191 Å². The Morgan fingerprint density at radius 2 is 1.93 bits per heavy atom. The average molecular weight is 521 g/mol. The van der Waals surface area contributed by atoms with E-state index in [0.717, 1.165) is 20.4 Å². The minimum Gasteiger partial charge on any atom is -0.396 e. The van der Waals surface area contributed by atoms with Crippen molar-refractivity contribution in [3.8, 4) is 0 Å². The van der Waals surface area contributed by atoms with Crippen molar-refractivity contribution in [2.24, 2.45) is 11.8 Å². The van der Waals surface area contributed by atoms with Gasteiger partial charge in [0.1, 0.15) is 0 Å². The van der Waals surface area contributed by atoms with E-state index in [1.54, 1.807) is 18.7 Å². The maximum absolute atomic E-state index is 14.0. The van der Waals surface area contributed by atoms with E-state index in [9.17, 15) is 15.0 Å². The molecule has 4 rings (SSSR count). The van der Waals surface area contributed by atoms with Crippen LogP contribution in [-0.4, -0.2) is 34.4 Å². The molecule has 0 saturated carbocycles. The van der Waals surface area contributed by atoms with E-state index in [4.69, 9.17) is 4.74 Å².